The molecule has 2 aromatic carbocycles. The second-order valence-electron chi connectivity index (χ2n) is 5.36. The van der Waals surface area contributed by atoms with Crippen LogP contribution >= 0.6 is 11.3 Å². The average Bonchev–Trinajstić information content (AvgIpc) is 2.99. The van der Waals surface area contributed by atoms with Crippen LogP contribution in [0, 0.1) is 6.92 Å². The molecule has 0 aliphatic carbocycles. The van der Waals surface area contributed by atoms with Gasteiger partial charge in [-0.15, -0.1) is 11.3 Å². The van der Waals surface area contributed by atoms with E-state index in [-0.39, 0.29) is 0 Å². The third kappa shape index (κ3) is 3.32. The van der Waals surface area contributed by atoms with E-state index in [2.05, 4.69) is 53.7 Å². The number of thiazole rings is 1. The zero-order chi connectivity index (χ0) is 16.2. The number of hydrogen-bond donors (Lipinski definition) is 0. The minimum absolute atomic E-state index is 0.885. The summed E-state index contributed by atoms with van der Waals surface area (Å²) in [6, 6.07) is 18.7. The summed E-state index contributed by atoms with van der Waals surface area (Å²) >= 11 is 1.60. The van der Waals surface area contributed by atoms with E-state index in [0.29, 0.717) is 0 Å². The highest BCUT2D eigenvalue weighted by atomic mass is 32.1. The van der Waals surface area contributed by atoms with Crippen molar-refractivity contribution < 1.29 is 0 Å². The van der Waals surface area contributed by atoms with Crippen LogP contribution in [0.2, 0.25) is 0 Å². The molecule has 0 aliphatic heterocycles. The van der Waals surface area contributed by atoms with Gasteiger partial charge in [-0.1, -0.05) is 60.2 Å². The zero-order valence-corrected chi connectivity index (χ0v) is 14.3. The maximum atomic E-state index is 4.82. The van der Waals surface area contributed by atoms with E-state index in [4.69, 9.17) is 5.10 Å². The summed E-state index contributed by atoms with van der Waals surface area (Å²) in [5.74, 6) is 0. The second kappa shape index (κ2) is 6.75. The molecule has 0 saturated heterocycles. The SMILES string of the molecule is CN=c1scc(-c2ccccc2)n1N=C(C)c1ccc(C)cc1. The first-order valence-corrected chi connectivity index (χ1v) is 8.38. The van der Waals surface area contributed by atoms with Crippen LogP contribution in [0.4, 0.5) is 0 Å². The van der Waals surface area contributed by atoms with E-state index >= 15 is 0 Å². The average molecular weight is 321 g/mol. The Morgan fingerprint density at radius 1 is 1.00 bits per heavy atom. The van der Waals surface area contributed by atoms with Crippen molar-refractivity contribution in [1.29, 1.82) is 0 Å². The van der Waals surface area contributed by atoms with E-state index in [0.717, 1.165) is 27.3 Å². The second-order valence-corrected chi connectivity index (χ2v) is 6.19. The number of nitrogens with zero attached hydrogens (tertiary/aromatic N) is 3. The van der Waals surface area contributed by atoms with Crippen LogP contribution in [0.15, 0.2) is 70.1 Å². The number of benzene rings is 2. The summed E-state index contributed by atoms with van der Waals surface area (Å²) in [6.07, 6.45) is 0. The number of aromatic nitrogens is 1. The Hall–Kier alpha value is -2.46. The molecule has 3 nitrogen and oxygen atoms in total. The Labute approximate surface area is 140 Å². The Balaban J connectivity index is 2.10. The molecule has 0 spiro atoms. The van der Waals surface area contributed by atoms with Gasteiger partial charge in [0, 0.05) is 18.0 Å². The molecular weight excluding hydrogens is 302 g/mol. The molecule has 116 valence electrons. The monoisotopic (exact) mass is 321 g/mol. The molecule has 0 amide bonds. The van der Waals surface area contributed by atoms with Crippen LogP contribution in [0.3, 0.4) is 0 Å². The van der Waals surface area contributed by atoms with Crippen LogP contribution in [0.5, 0.6) is 0 Å². The van der Waals surface area contributed by atoms with Gasteiger partial charge in [-0.25, -0.2) is 4.68 Å². The molecular formula is C19H19N3S. The summed E-state index contributed by atoms with van der Waals surface area (Å²) in [6.45, 7) is 4.12. The van der Waals surface area contributed by atoms with Gasteiger partial charge < -0.3 is 0 Å². The molecule has 23 heavy (non-hydrogen) atoms. The lowest BCUT2D eigenvalue weighted by Gasteiger charge is -2.06. The molecule has 4 heteroatoms. The number of aryl methyl sites for hydroxylation is 1. The fourth-order valence-electron chi connectivity index (χ4n) is 2.36. The van der Waals surface area contributed by atoms with Crippen molar-refractivity contribution in [1.82, 2.24) is 4.68 Å². The largest absolute Gasteiger partial charge is 0.261 e. The summed E-state index contributed by atoms with van der Waals surface area (Å²) in [4.78, 5) is 5.24. The van der Waals surface area contributed by atoms with Crippen molar-refractivity contribution in [3.05, 3.63) is 75.9 Å². The van der Waals surface area contributed by atoms with Crippen LogP contribution in [-0.4, -0.2) is 17.4 Å². The smallest absolute Gasteiger partial charge is 0.205 e. The molecule has 1 heterocycles. The van der Waals surface area contributed by atoms with Crippen molar-refractivity contribution in [2.75, 3.05) is 7.05 Å². The molecule has 0 bridgehead atoms. The molecule has 0 radical (unpaired) electrons. The van der Waals surface area contributed by atoms with Crippen LogP contribution in [0.25, 0.3) is 11.3 Å². The van der Waals surface area contributed by atoms with Gasteiger partial charge in [-0.05, 0) is 19.4 Å². The maximum Gasteiger partial charge on any atom is 0.205 e. The van der Waals surface area contributed by atoms with Crippen LogP contribution < -0.4 is 4.80 Å². The predicted molar refractivity (Wildman–Crippen MR) is 98.0 cm³/mol. The van der Waals surface area contributed by atoms with Gasteiger partial charge in [0.25, 0.3) is 0 Å². The minimum Gasteiger partial charge on any atom is -0.261 e. The first kappa shape index (κ1) is 15.4. The van der Waals surface area contributed by atoms with Crippen molar-refractivity contribution in [3.8, 4) is 11.3 Å². The zero-order valence-electron chi connectivity index (χ0n) is 13.5. The van der Waals surface area contributed by atoms with Gasteiger partial charge >= 0.3 is 0 Å². The summed E-state index contributed by atoms with van der Waals surface area (Å²) < 4.78 is 1.93. The third-order valence-corrected chi connectivity index (χ3v) is 4.57. The summed E-state index contributed by atoms with van der Waals surface area (Å²) in [7, 11) is 1.80. The third-order valence-electron chi connectivity index (χ3n) is 3.67. The quantitative estimate of drug-likeness (QED) is 0.643. The van der Waals surface area contributed by atoms with E-state index in [1.807, 2.05) is 29.8 Å². The highest BCUT2D eigenvalue weighted by molar-refractivity contribution is 7.07. The molecule has 0 N–H and O–H groups in total. The van der Waals surface area contributed by atoms with E-state index < -0.39 is 0 Å². The fourth-order valence-corrected chi connectivity index (χ4v) is 3.15. The maximum absolute atomic E-state index is 4.82. The highest BCUT2D eigenvalue weighted by Gasteiger charge is 2.08. The molecule has 0 fully saturated rings. The Kier molecular flexibility index (Phi) is 4.53. The van der Waals surface area contributed by atoms with Gasteiger partial charge in [-0.2, -0.15) is 5.10 Å². The normalized spacial score (nSPS) is 12.7. The first-order valence-electron chi connectivity index (χ1n) is 7.50. The standard InChI is InChI=1S/C19H19N3S/c1-14-9-11-16(12-10-14)15(2)21-22-18(13-23-19(22)20-3)17-7-5-4-6-8-17/h4-13H,1-3H3. The lowest BCUT2D eigenvalue weighted by Crippen LogP contribution is -2.13. The van der Waals surface area contributed by atoms with Crippen molar-refractivity contribution in [2.45, 2.75) is 13.8 Å². The van der Waals surface area contributed by atoms with E-state index in [9.17, 15) is 0 Å². The molecule has 1 aromatic heterocycles. The topological polar surface area (TPSA) is 29.6 Å². The fraction of sp³-hybridized carbons (Fsp3) is 0.158. The van der Waals surface area contributed by atoms with Crippen LogP contribution in [0.1, 0.15) is 18.1 Å². The molecule has 3 rings (SSSR count). The van der Waals surface area contributed by atoms with Crippen molar-refractivity contribution in [2.24, 2.45) is 10.1 Å². The van der Waals surface area contributed by atoms with Gasteiger partial charge in [-0.3, -0.25) is 4.99 Å². The van der Waals surface area contributed by atoms with E-state index in [1.54, 1.807) is 18.4 Å². The van der Waals surface area contributed by atoms with Gasteiger partial charge in [0.1, 0.15) is 0 Å². The van der Waals surface area contributed by atoms with Gasteiger partial charge in [0.05, 0.1) is 11.4 Å². The minimum atomic E-state index is 0.885. The Bertz CT molecular complexity index is 884. The number of rotatable bonds is 3. The number of hydrogen-bond acceptors (Lipinski definition) is 3. The first-order chi connectivity index (χ1) is 11.2. The summed E-state index contributed by atoms with van der Waals surface area (Å²) in [5, 5.41) is 6.92. The molecule has 0 saturated carbocycles. The van der Waals surface area contributed by atoms with Gasteiger partial charge in [0.15, 0.2) is 0 Å². The lowest BCUT2D eigenvalue weighted by molar-refractivity contribution is 0.842. The van der Waals surface area contributed by atoms with Gasteiger partial charge in [0.2, 0.25) is 4.80 Å². The molecule has 0 unspecified atom stereocenters. The Morgan fingerprint density at radius 2 is 1.70 bits per heavy atom. The van der Waals surface area contributed by atoms with Crippen molar-refractivity contribution >= 4 is 17.0 Å². The lowest BCUT2D eigenvalue weighted by atomic mass is 10.1. The highest BCUT2D eigenvalue weighted by Crippen LogP contribution is 2.20. The molecule has 3 aromatic rings. The molecule has 0 aliphatic rings. The van der Waals surface area contributed by atoms with E-state index in [1.165, 1.54) is 5.56 Å². The predicted octanol–water partition coefficient (Wildman–Crippen LogP) is 4.33. The molecule has 0 atom stereocenters. The summed E-state index contributed by atoms with van der Waals surface area (Å²) in [5.41, 5.74) is 5.53. The van der Waals surface area contributed by atoms with Crippen molar-refractivity contribution in [3.63, 3.8) is 0 Å². The Morgan fingerprint density at radius 3 is 2.35 bits per heavy atom. The van der Waals surface area contributed by atoms with Crippen LogP contribution in [-0.2, 0) is 0 Å².